The lowest BCUT2D eigenvalue weighted by molar-refractivity contribution is -0.140. The van der Waals surface area contributed by atoms with Crippen LogP contribution in [-0.2, 0) is 9.53 Å². The highest BCUT2D eigenvalue weighted by Gasteiger charge is 2.13. The van der Waals surface area contributed by atoms with Crippen molar-refractivity contribution in [2.45, 2.75) is 46.0 Å². The molecular formula is C18H23N3O3. The smallest absolute Gasteiger partial charge is 0.305 e. The number of aromatic nitrogens is 2. The Balaban J connectivity index is 2.37. The Kier molecular flexibility index (Phi) is 5.84. The van der Waals surface area contributed by atoms with Crippen LogP contribution in [0.5, 0.6) is 0 Å². The summed E-state index contributed by atoms with van der Waals surface area (Å²) in [5.41, 5.74) is 1.29. The minimum absolute atomic E-state index is 0.0638. The van der Waals surface area contributed by atoms with E-state index in [2.05, 4.69) is 14.8 Å². The first-order valence-electron chi connectivity index (χ1n) is 8.07. The fourth-order valence-corrected chi connectivity index (χ4v) is 2.42. The van der Waals surface area contributed by atoms with E-state index in [0.717, 1.165) is 5.71 Å². The summed E-state index contributed by atoms with van der Waals surface area (Å²) >= 11 is 0. The predicted molar refractivity (Wildman–Crippen MR) is 94.5 cm³/mol. The molecule has 1 aromatic carbocycles. The van der Waals surface area contributed by atoms with Crippen LogP contribution in [-0.4, -0.2) is 28.5 Å². The van der Waals surface area contributed by atoms with Crippen molar-refractivity contribution < 1.29 is 9.53 Å². The van der Waals surface area contributed by atoms with Crippen molar-refractivity contribution in [3.63, 3.8) is 0 Å². The van der Waals surface area contributed by atoms with Crippen LogP contribution in [0.3, 0.4) is 0 Å². The molecule has 0 saturated heterocycles. The Hall–Kier alpha value is -2.50. The molecule has 0 saturated carbocycles. The second-order valence-electron chi connectivity index (χ2n) is 6.02. The van der Waals surface area contributed by atoms with Gasteiger partial charge in [0.1, 0.15) is 5.82 Å². The van der Waals surface area contributed by atoms with Crippen LogP contribution >= 0.6 is 0 Å². The summed E-state index contributed by atoms with van der Waals surface area (Å²) in [5.74, 6) is 0.454. The Bertz CT molecular complexity index is 822. The molecule has 6 nitrogen and oxygen atoms in total. The van der Waals surface area contributed by atoms with E-state index in [4.69, 9.17) is 0 Å². The molecule has 6 heteroatoms. The van der Waals surface area contributed by atoms with Crippen molar-refractivity contribution in [2.75, 3.05) is 7.11 Å². The van der Waals surface area contributed by atoms with E-state index in [-0.39, 0.29) is 17.4 Å². The number of methoxy groups -OCH3 is 1. The minimum Gasteiger partial charge on any atom is -0.469 e. The van der Waals surface area contributed by atoms with Gasteiger partial charge in [-0.1, -0.05) is 26.0 Å². The summed E-state index contributed by atoms with van der Waals surface area (Å²) in [6, 6.07) is 7.27. The molecular weight excluding hydrogens is 306 g/mol. The van der Waals surface area contributed by atoms with E-state index in [1.54, 1.807) is 6.07 Å². The fourth-order valence-electron chi connectivity index (χ4n) is 2.42. The summed E-state index contributed by atoms with van der Waals surface area (Å²) in [6.45, 7) is 5.81. The van der Waals surface area contributed by atoms with Gasteiger partial charge in [0.05, 0.1) is 18.0 Å². The highest BCUT2D eigenvalue weighted by molar-refractivity contribution is 5.83. The van der Waals surface area contributed by atoms with Crippen molar-refractivity contribution in [1.29, 1.82) is 0 Å². The number of hydrogen-bond donors (Lipinski definition) is 0. The number of carbonyl (C=O) groups is 1. The maximum Gasteiger partial charge on any atom is 0.305 e. The molecule has 0 aliphatic rings. The second kappa shape index (κ2) is 7.86. The summed E-state index contributed by atoms with van der Waals surface area (Å²) in [7, 11) is 1.37. The van der Waals surface area contributed by atoms with Crippen molar-refractivity contribution >= 4 is 22.6 Å². The monoisotopic (exact) mass is 329 g/mol. The highest BCUT2D eigenvalue weighted by atomic mass is 16.5. The van der Waals surface area contributed by atoms with Gasteiger partial charge < -0.3 is 4.74 Å². The van der Waals surface area contributed by atoms with Crippen molar-refractivity contribution in [3.8, 4) is 0 Å². The SMILES string of the molecule is COC(=O)CCC/C(C)=N/n1c(C(C)C)nc2ccccc2c1=O. The van der Waals surface area contributed by atoms with Gasteiger partial charge in [0.25, 0.3) is 5.56 Å². The van der Waals surface area contributed by atoms with E-state index in [9.17, 15) is 9.59 Å². The Morgan fingerprint density at radius 2 is 2.00 bits per heavy atom. The van der Waals surface area contributed by atoms with Gasteiger partial charge >= 0.3 is 5.97 Å². The third kappa shape index (κ3) is 4.07. The average Bonchev–Trinajstić information content (AvgIpc) is 2.56. The third-order valence-corrected chi connectivity index (χ3v) is 3.71. The molecule has 0 unspecified atom stereocenters. The van der Waals surface area contributed by atoms with E-state index >= 15 is 0 Å². The molecule has 0 aliphatic carbocycles. The van der Waals surface area contributed by atoms with Crippen LogP contribution in [0.4, 0.5) is 0 Å². The molecule has 0 N–H and O–H groups in total. The zero-order chi connectivity index (χ0) is 17.7. The molecule has 0 fully saturated rings. The van der Waals surface area contributed by atoms with E-state index in [1.165, 1.54) is 11.8 Å². The van der Waals surface area contributed by atoms with Gasteiger partial charge in [0.2, 0.25) is 0 Å². The lowest BCUT2D eigenvalue weighted by atomic mass is 10.1. The first kappa shape index (κ1) is 17.8. The first-order valence-corrected chi connectivity index (χ1v) is 8.07. The molecule has 128 valence electrons. The number of rotatable bonds is 6. The number of para-hydroxylation sites is 1. The van der Waals surface area contributed by atoms with Gasteiger partial charge in [0, 0.05) is 18.1 Å². The van der Waals surface area contributed by atoms with Crippen LogP contribution in [0.2, 0.25) is 0 Å². The zero-order valence-corrected chi connectivity index (χ0v) is 14.6. The van der Waals surface area contributed by atoms with Crippen LogP contribution in [0.25, 0.3) is 10.9 Å². The molecule has 0 amide bonds. The lowest BCUT2D eigenvalue weighted by Crippen LogP contribution is -2.24. The molecule has 1 heterocycles. The number of ether oxygens (including phenoxy) is 1. The van der Waals surface area contributed by atoms with Gasteiger partial charge in [-0.05, 0) is 31.9 Å². The quantitative estimate of drug-likeness (QED) is 0.603. The van der Waals surface area contributed by atoms with Crippen LogP contribution < -0.4 is 5.56 Å². The van der Waals surface area contributed by atoms with E-state index in [0.29, 0.717) is 36.0 Å². The molecule has 0 aliphatic heterocycles. The molecule has 2 aromatic rings. The Morgan fingerprint density at radius 1 is 1.29 bits per heavy atom. The van der Waals surface area contributed by atoms with Crippen LogP contribution in [0.15, 0.2) is 34.2 Å². The van der Waals surface area contributed by atoms with Gasteiger partial charge in [-0.3, -0.25) is 9.59 Å². The summed E-state index contributed by atoms with van der Waals surface area (Å²) in [6.07, 6.45) is 1.59. The number of nitrogens with zero attached hydrogens (tertiary/aromatic N) is 3. The van der Waals surface area contributed by atoms with Gasteiger partial charge in [0.15, 0.2) is 0 Å². The number of fused-ring (bicyclic) bond motifs is 1. The molecule has 24 heavy (non-hydrogen) atoms. The van der Waals surface area contributed by atoms with Crippen molar-refractivity contribution in [3.05, 3.63) is 40.4 Å². The standard InChI is InChI=1S/C18H23N3O3/c1-12(2)17-19-15-10-6-5-9-14(15)18(23)21(17)20-13(3)8-7-11-16(22)24-4/h5-6,9-10,12H,7-8,11H2,1-4H3/b20-13+. The maximum absolute atomic E-state index is 12.8. The summed E-state index contributed by atoms with van der Waals surface area (Å²) in [5, 5.41) is 5.01. The molecule has 0 bridgehead atoms. The maximum atomic E-state index is 12.8. The average molecular weight is 329 g/mol. The third-order valence-electron chi connectivity index (χ3n) is 3.71. The molecule has 1 aromatic heterocycles. The van der Waals surface area contributed by atoms with E-state index in [1.807, 2.05) is 39.0 Å². The Labute approximate surface area is 141 Å². The molecule has 0 spiro atoms. The largest absolute Gasteiger partial charge is 0.469 e. The Morgan fingerprint density at radius 3 is 2.67 bits per heavy atom. The summed E-state index contributed by atoms with van der Waals surface area (Å²) in [4.78, 5) is 28.5. The lowest BCUT2D eigenvalue weighted by Gasteiger charge is -2.12. The zero-order valence-electron chi connectivity index (χ0n) is 14.6. The number of hydrogen-bond acceptors (Lipinski definition) is 5. The van der Waals surface area contributed by atoms with Gasteiger partial charge in [-0.25, -0.2) is 4.98 Å². The number of benzene rings is 1. The first-order chi connectivity index (χ1) is 11.4. The van der Waals surface area contributed by atoms with Crippen LogP contribution in [0.1, 0.15) is 51.8 Å². The topological polar surface area (TPSA) is 73.5 Å². The molecule has 2 rings (SSSR count). The van der Waals surface area contributed by atoms with Crippen LogP contribution in [0, 0.1) is 0 Å². The summed E-state index contributed by atoms with van der Waals surface area (Å²) < 4.78 is 6.01. The minimum atomic E-state index is -0.241. The highest BCUT2D eigenvalue weighted by Crippen LogP contribution is 2.15. The van der Waals surface area contributed by atoms with Crippen molar-refractivity contribution in [1.82, 2.24) is 9.66 Å². The molecule has 0 atom stereocenters. The number of carbonyl (C=O) groups excluding carboxylic acids is 1. The predicted octanol–water partition coefficient (Wildman–Crippen LogP) is 3.09. The second-order valence-corrected chi connectivity index (χ2v) is 6.02. The number of esters is 1. The van der Waals surface area contributed by atoms with Gasteiger partial charge in [-0.2, -0.15) is 9.78 Å². The molecule has 0 radical (unpaired) electrons. The van der Waals surface area contributed by atoms with E-state index < -0.39 is 0 Å². The van der Waals surface area contributed by atoms with Crippen molar-refractivity contribution in [2.24, 2.45) is 5.10 Å². The normalized spacial score (nSPS) is 12.0. The van der Waals surface area contributed by atoms with Gasteiger partial charge in [-0.15, -0.1) is 0 Å². The fraction of sp³-hybridized carbons (Fsp3) is 0.444.